The molecule has 0 aliphatic carbocycles. The summed E-state index contributed by atoms with van der Waals surface area (Å²) in [6.07, 6.45) is -25.5. The fourth-order valence-corrected chi connectivity index (χ4v) is 4.97. The Balaban J connectivity index is 1.92. The molecule has 0 bridgehead atoms. The summed E-state index contributed by atoms with van der Waals surface area (Å²) in [4.78, 5) is 0. The van der Waals surface area contributed by atoms with Gasteiger partial charge in [-0.05, 0) is 29.8 Å². The molecule has 3 nitrogen and oxygen atoms in total. The predicted octanol–water partition coefficient (Wildman–Crippen LogP) is 10.6. The van der Waals surface area contributed by atoms with E-state index in [1.54, 1.807) is 54.6 Å². The van der Waals surface area contributed by atoms with Gasteiger partial charge in [0.2, 0.25) is 5.88 Å². The Morgan fingerprint density at radius 3 is 1.48 bits per heavy atom. The standard InChI is InChI=1S/C29H14F12N2O/c1-13-19(26(30,31)32)20(27(33,34)35)21(28(36,37)38)22(29(39,40)41)24(13)44-25-18-12-16-10-6-5-9-15(16)11-17(18)23(42-43-25)14-7-3-2-4-8-14/h2-12H,1H3. The summed E-state index contributed by atoms with van der Waals surface area (Å²) in [7, 11) is 0. The Morgan fingerprint density at radius 1 is 0.523 bits per heavy atom. The van der Waals surface area contributed by atoms with E-state index in [2.05, 4.69) is 10.2 Å². The molecular formula is C29H14F12N2O. The minimum Gasteiger partial charge on any atom is -0.436 e. The highest BCUT2D eigenvalue weighted by Gasteiger charge is 2.57. The van der Waals surface area contributed by atoms with Crippen LogP contribution < -0.4 is 4.74 Å². The lowest BCUT2D eigenvalue weighted by Gasteiger charge is -2.28. The van der Waals surface area contributed by atoms with Crippen molar-refractivity contribution >= 4 is 21.5 Å². The maximum absolute atomic E-state index is 14.3. The van der Waals surface area contributed by atoms with Crippen molar-refractivity contribution in [2.45, 2.75) is 31.6 Å². The van der Waals surface area contributed by atoms with Crippen LogP contribution in [0.15, 0.2) is 66.7 Å². The zero-order valence-electron chi connectivity index (χ0n) is 21.7. The first-order valence-corrected chi connectivity index (χ1v) is 12.2. The van der Waals surface area contributed by atoms with Gasteiger partial charge in [0.05, 0.1) is 16.7 Å². The van der Waals surface area contributed by atoms with Gasteiger partial charge in [-0.1, -0.05) is 54.6 Å². The number of hydrogen-bond acceptors (Lipinski definition) is 3. The largest absolute Gasteiger partial charge is 0.436 e. The molecule has 4 aromatic carbocycles. The zero-order chi connectivity index (χ0) is 32.4. The third-order valence-corrected chi connectivity index (χ3v) is 6.68. The fourth-order valence-electron chi connectivity index (χ4n) is 4.97. The molecule has 0 N–H and O–H groups in total. The molecule has 0 unspecified atom stereocenters. The molecule has 15 heteroatoms. The van der Waals surface area contributed by atoms with E-state index in [1.165, 1.54) is 12.1 Å². The summed E-state index contributed by atoms with van der Waals surface area (Å²) in [6, 6.07) is 17.3. The van der Waals surface area contributed by atoms with E-state index < -0.39 is 64.2 Å². The zero-order valence-corrected chi connectivity index (χ0v) is 21.7. The van der Waals surface area contributed by atoms with E-state index in [4.69, 9.17) is 4.74 Å². The van der Waals surface area contributed by atoms with E-state index in [9.17, 15) is 52.7 Å². The van der Waals surface area contributed by atoms with E-state index in [0.717, 1.165) is 0 Å². The summed E-state index contributed by atoms with van der Waals surface area (Å²) in [6.45, 7) is 0.159. The second-order valence-electron chi connectivity index (χ2n) is 9.51. The number of nitrogens with zero attached hydrogens (tertiary/aromatic N) is 2. The molecule has 44 heavy (non-hydrogen) atoms. The van der Waals surface area contributed by atoms with E-state index in [0.29, 0.717) is 16.3 Å². The highest BCUT2D eigenvalue weighted by Crippen LogP contribution is 2.56. The molecule has 0 radical (unpaired) electrons. The molecule has 1 aromatic heterocycles. The molecule has 5 aromatic rings. The first kappa shape index (κ1) is 30.9. The van der Waals surface area contributed by atoms with Gasteiger partial charge < -0.3 is 4.74 Å². The van der Waals surface area contributed by atoms with Crippen molar-refractivity contribution in [2.75, 3.05) is 0 Å². The summed E-state index contributed by atoms with van der Waals surface area (Å²) in [5.41, 5.74) is -14.5. The first-order chi connectivity index (χ1) is 20.3. The van der Waals surface area contributed by atoms with Gasteiger partial charge in [0.25, 0.3) is 0 Å². The molecule has 0 atom stereocenters. The van der Waals surface area contributed by atoms with Crippen molar-refractivity contribution in [1.29, 1.82) is 0 Å². The number of hydrogen-bond donors (Lipinski definition) is 0. The van der Waals surface area contributed by atoms with Crippen molar-refractivity contribution in [3.63, 3.8) is 0 Å². The second-order valence-corrected chi connectivity index (χ2v) is 9.51. The van der Waals surface area contributed by atoms with Crippen LogP contribution in [-0.2, 0) is 24.7 Å². The van der Waals surface area contributed by atoms with Crippen molar-refractivity contribution in [1.82, 2.24) is 10.2 Å². The normalized spacial score (nSPS) is 13.1. The van der Waals surface area contributed by atoms with Crippen LogP contribution >= 0.6 is 0 Å². The Morgan fingerprint density at radius 2 is 0.977 bits per heavy atom. The monoisotopic (exact) mass is 634 g/mol. The molecule has 0 aliphatic heterocycles. The van der Waals surface area contributed by atoms with Gasteiger partial charge in [-0.15, -0.1) is 10.2 Å². The number of halogens is 12. The maximum Gasteiger partial charge on any atom is 0.420 e. The molecule has 0 saturated heterocycles. The average molecular weight is 634 g/mol. The topological polar surface area (TPSA) is 35.0 Å². The van der Waals surface area contributed by atoms with Crippen LogP contribution in [0.3, 0.4) is 0 Å². The number of alkyl halides is 12. The molecule has 1 heterocycles. The van der Waals surface area contributed by atoms with Crippen molar-refractivity contribution in [2.24, 2.45) is 0 Å². The Labute approximate surface area is 238 Å². The van der Waals surface area contributed by atoms with Gasteiger partial charge in [0.1, 0.15) is 17.0 Å². The van der Waals surface area contributed by atoms with Crippen LogP contribution in [0.2, 0.25) is 0 Å². The minimum absolute atomic E-state index is 0.130. The van der Waals surface area contributed by atoms with Gasteiger partial charge in [-0.2, -0.15) is 52.7 Å². The van der Waals surface area contributed by atoms with E-state index in [1.807, 2.05) is 0 Å². The molecule has 0 aliphatic rings. The molecule has 0 amide bonds. The van der Waals surface area contributed by atoms with Crippen molar-refractivity contribution in [3.05, 3.63) is 94.5 Å². The number of benzene rings is 4. The van der Waals surface area contributed by atoms with E-state index >= 15 is 0 Å². The van der Waals surface area contributed by atoms with Crippen molar-refractivity contribution in [3.8, 4) is 22.9 Å². The fraction of sp³-hybridized carbons (Fsp3) is 0.172. The predicted molar refractivity (Wildman–Crippen MR) is 134 cm³/mol. The lowest BCUT2D eigenvalue weighted by atomic mass is 9.89. The molecule has 0 fully saturated rings. The second kappa shape index (κ2) is 10.3. The summed E-state index contributed by atoms with van der Waals surface area (Å²) < 4.78 is 173. The van der Waals surface area contributed by atoms with Gasteiger partial charge in [-0.3, -0.25) is 0 Å². The van der Waals surface area contributed by atoms with Crippen LogP contribution in [0.4, 0.5) is 52.7 Å². The van der Waals surface area contributed by atoms with Crippen LogP contribution in [-0.4, -0.2) is 10.2 Å². The highest BCUT2D eigenvalue weighted by molar-refractivity contribution is 6.05. The molecule has 0 saturated carbocycles. The lowest BCUT2D eigenvalue weighted by Crippen LogP contribution is -2.29. The van der Waals surface area contributed by atoms with Crippen LogP contribution in [0.1, 0.15) is 27.8 Å². The van der Waals surface area contributed by atoms with Crippen LogP contribution in [0.25, 0.3) is 32.8 Å². The smallest absolute Gasteiger partial charge is 0.420 e. The summed E-state index contributed by atoms with van der Waals surface area (Å²) >= 11 is 0. The SMILES string of the molecule is Cc1c(Oc2nnc(-c3ccccc3)c3cc4ccccc4cc23)c(C(F)(F)F)c(C(F)(F)F)c(C(F)(F)F)c1C(F)(F)F. The Kier molecular flexibility index (Phi) is 7.21. The minimum atomic E-state index is -6.55. The third kappa shape index (κ3) is 5.46. The number of aromatic nitrogens is 2. The van der Waals surface area contributed by atoms with E-state index in [-0.39, 0.29) is 23.4 Å². The quantitative estimate of drug-likeness (QED) is 0.146. The summed E-state index contributed by atoms with van der Waals surface area (Å²) in [5, 5.41) is 8.53. The van der Waals surface area contributed by atoms with Crippen molar-refractivity contribution < 1.29 is 57.4 Å². The van der Waals surface area contributed by atoms with Gasteiger partial charge in [0, 0.05) is 21.9 Å². The molecule has 5 rings (SSSR count). The highest BCUT2D eigenvalue weighted by atomic mass is 19.4. The number of fused-ring (bicyclic) bond motifs is 2. The molecule has 230 valence electrons. The number of ether oxygens (including phenoxy) is 1. The van der Waals surface area contributed by atoms with Crippen LogP contribution in [0, 0.1) is 6.92 Å². The Bertz CT molecular complexity index is 1890. The van der Waals surface area contributed by atoms with Gasteiger partial charge in [0.15, 0.2) is 0 Å². The molecular weight excluding hydrogens is 620 g/mol. The average Bonchev–Trinajstić information content (AvgIpc) is 2.90. The lowest BCUT2D eigenvalue weighted by molar-refractivity contribution is -0.183. The maximum atomic E-state index is 14.3. The number of rotatable bonds is 3. The van der Waals surface area contributed by atoms with Gasteiger partial charge >= 0.3 is 24.7 Å². The molecule has 0 spiro atoms. The Hall–Kier alpha value is -4.56. The van der Waals surface area contributed by atoms with Crippen LogP contribution in [0.5, 0.6) is 11.6 Å². The third-order valence-electron chi connectivity index (χ3n) is 6.68. The summed E-state index contributed by atoms with van der Waals surface area (Å²) in [5.74, 6) is -3.12. The van der Waals surface area contributed by atoms with Gasteiger partial charge in [-0.25, -0.2) is 0 Å². The first-order valence-electron chi connectivity index (χ1n) is 12.2.